The van der Waals surface area contributed by atoms with E-state index in [0.29, 0.717) is 11.0 Å². The minimum Gasteiger partial charge on any atom is -0.495 e. The van der Waals surface area contributed by atoms with E-state index in [9.17, 15) is 0 Å². The van der Waals surface area contributed by atoms with Crippen LogP contribution in [0.3, 0.4) is 0 Å². The van der Waals surface area contributed by atoms with Gasteiger partial charge in [-0.15, -0.1) is 0 Å². The summed E-state index contributed by atoms with van der Waals surface area (Å²) in [6, 6.07) is 17.6. The Morgan fingerprint density at radius 3 is 2.54 bits per heavy atom. The number of rotatable bonds is 5. The number of nitrogens with zero attached hydrogens (tertiary/aromatic N) is 4. The lowest BCUT2D eigenvalue weighted by Gasteiger charge is -2.37. The number of hydrogen-bond donors (Lipinski definition) is 1. The van der Waals surface area contributed by atoms with Crippen LogP contribution in [-0.4, -0.2) is 43.3 Å². The Bertz CT molecular complexity index is 943. The molecule has 2 heterocycles. The predicted molar refractivity (Wildman–Crippen MR) is 114 cm³/mol. The number of aromatic nitrogens is 2. The van der Waals surface area contributed by atoms with Gasteiger partial charge in [-0.1, -0.05) is 29.8 Å². The van der Waals surface area contributed by atoms with Crippen molar-refractivity contribution >= 4 is 34.7 Å². The third kappa shape index (κ3) is 4.12. The molecule has 0 atom stereocenters. The van der Waals surface area contributed by atoms with Crippen LogP contribution in [0.2, 0.25) is 5.02 Å². The van der Waals surface area contributed by atoms with Crippen molar-refractivity contribution in [2.24, 2.45) is 0 Å². The lowest BCUT2D eigenvalue weighted by Crippen LogP contribution is -2.47. The molecular weight excluding hydrogens is 374 g/mol. The molecule has 0 unspecified atom stereocenters. The number of benzene rings is 2. The zero-order chi connectivity index (χ0) is 19.3. The van der Waals surface area contributed by atoms with E-state index < -0.39 is 0 Å². The molecule has 0 radical (unpaired) electrons. The van der Waals surface area contributed by atoms with E-state index in [0.717, 1.165) is 49.1 Å². The molecule has 1 aliphatic heterocycles. The maximum absolute atomic E-state index is 6.05. The van der Waals surface area contributed by atoms with E-state index in [1.165, 1.54) is 0 Å². The van der Waals surface area contributed by atoms with Crippen molar-refractivity contribution < 1.29 is 4.74 Å². The van der Waals surface area contributed by atoms with Crippen LogP contribution < -0.4 is 19.9 Å². The smallest absolute Gasteiger partial charge is 0.229 e. The number of ether oxygens (including phenoxy) is 1. The highest BCUT2D eigenvalue weighted by atomic mass is 35.5. The lowest BCUT2D eigenvalue weighted by molar-refractivity contribution is 0.413. The van der Waals surface area contributed by atoms with Crippen molar-refractivity contribution in [1.29, 1.82) is 0 Å². The Hall–Kier alpha value is -2.99. The summed E-state index contributed by atoms with van der Waals surface area (Å²) in [5.41, 5.74) is 2.00. The fourth-order valence-corrected chi connectivity index (χ4v) is 3.54. The summed E-state index contributed by atoms with van der Waals surface area (Å²) in [5, 5.41) is 3.89. The van der Waals surface area contributed by atoms with Crippen molar-refractivity contribution in [3.05, 3.63) is 65.8 Å². The van der Waals surface area contributed by atoms with Gasteiger partial charge in [-0.3, -0.25) is 0 Å². The second-order valence-electron chi connectivity index (χ2n) is 6.52. The molecule has 0 saturated carbocycles. The topological polar surface area (TPSA) is 53.5 Å². The number of nitrogens with one attached hydrogen (secondary N) is 1. The summed E-state index contributed by atoms with van der Waals surface area (Å²) < 4.78 is 5.50. The number of hydrogen-bond acceptors (Lipinski definition) is 6. The van der Waals surface area contributed by atoms with Gasteiger partial charge < -0.3 is 19.9 Å². The summed E-state index contributed by atoms with van der Waals surface area (Å²) in [6.07, 6.45) is 1.78. The Labute approximate surface area is 169 Å². The van der Waals surface area contributed by atoms with Crippen molar-refractivity contribution in [3.8, 4) is 5.75 Å². The first-order valence-electron chi connectivity index (χ1n) is 9.21. The minimum atomic E-state index is 0.562. The van der Waals surface area contributed by atoms with Crippen molar-refractivity contribution in [2.45, 2.75) is 0 Å². The third-order valence-electron chi connectivity index (χ3n) is 4.75. The molecule has 2 aromatic carbocycles. The molecule has 4 rings (SSSR count). The standard InChI is InChI=1S/C21H22ClN5O/c1-28-19-8-3-2-7-18(19)26-11-13-27(14-12-26)20-9-10-23-21(25-20)24-17-6-4-5-16(22)15-17/h2-10,15H,11-14H2,1H3,(H,23,24,25). The van der Waals surface area contributed by atoms with Gasteiger partial charge in [0, 0.05) is 43.1 Å². The maximum Gasteiger partial charge on any atom is 0.229 e. The van der Waals surface area contributed by atoms with E-state index in [4.69, 9.17) is 16.3 Å². The summed E-state index contributed by atoms with van der Waals surface area (Å²) in [6.45, 7) is 3.57. The van der Waals surface area contributed by atoms with Gasteiger partial charge in [0.25, 0.3) is 0 Å². The maximum atomic E-state index is 6.05. The largest absolute Gasteiger partial charge is 0.495 e. The highest BCUT2D eigenvalue weighted by Crippen LogP contribution is 2.29. The average molecular weight is 396 g/mol. The molecule has 1 saturated heterocycles. The second kappa shape index (κ2) is 8.35. The molecule has 3 aromatic rings. The van der Waals surface area contributed by atoms with Gasteiger partial charge in [-0.25, -0.2) is 4.98 Å². The highest BCUT2D eigenvalue weighted by molar-refractivity contribution is 6.30. The normalized spacial score (nSPS) is 14.1. The summed E-state index contributed by atoms with van der Waals surface area (Å²) >= 11 is 6.05. The first kappa shape index (κ1) is 18.4. The number of methoxy groups -OCH3 is 1. The van der Waals surface area contributed by atoms with Crippen LogP contribution in [0, 0.1) is 0 Å². The van der Waals surface area contributed by atoms with E-state index in [1.54, 1.807) is 13.3 Å². The van der Waals surface area contributed by atoms with Gasteiger partial charge in [0.05, 0.1) is 12.8 Å². The SMILES string of the molecule is COc1ccccc1N1CCN(c2ccnc(Nc3cccc(Cl)c3)n2)CC1. The Kier molecular flexibility index (Phi) is 5.48. The fourth-order valence-electron chi connectivity index (χ4n) is 3.35. The van der Waals surface area contributed by atoms with E-state index in [1.807, 2.05) is 48.5 Å². The molecule has 28 heavy (non-hydrogen) atoms. The van der Waals surface area contributed by atoms with Crippen LogP contribution in [0.15, 0.2) is 60.8 Å². The number of para-hydroxylation sites is 2. The Morgan fingerprint density at radius 1 is 0.964 bits per heavy atom. The van der Waals surface area contributed by atoms with E-state index in [-0.39, 0.29) is 0 Å². The fraction of sp³-hybridized carbons (Fsp3) is 0.238. The van der Waals surface area contributed by atoms with E-state index in [2.05, 4.69) is 31.2 Å². The molecule has 0 bridgehead atoms. The summed E-state index contributed by atoms with van der Waals surface area (Å²) in [5.74, 6) is 2.39. The Morgan fingerprint density at radius 2 is 1.75 bits per heavy atom. The quantitative estimate of drug-likeness (QED) is 0.698. The van der Waals surface area contributed by atoms with Crippen LogP contribution in [-0.2, 0) is 0 Å². The Balaban J connectivity index is 1.43. The molecule has 1 N–H and O–H groups in total. The molecule has 1 aromatic heterocycles. The third-order valence-corrected chi connectivity index (χ3v) is 4.99. The van der Waals surface area contributed by atoms with Crippen molar-refractivity contribution in [3.63, 3.8) is 0 Å². The van der Waals surface area contributed by atoms with Gasteiger partial charge in [0.15, 0.2) is 0 Å². The number of halogens is 1. The summed E-state index contributed by atoms with van der Waals surface area (Å²) in [4.78, 5) is 13.6. The molecule has 0 spiro atoms. The lowest BCUT2D eigenvalue weighted by atomic mass is 10.2. The van der Waals surface area contributed by atoms with Crippen LogP contribution in [0.25, 0.3) is 0 Å². The zero-order valence-corrected chi connectivity index (χ0v) is 16.4. The molecule has 7 heteroatoms. The van der Waals surface area contributed by atoms with Gasteiger partial charge in [0.1, 0.15) is 11.6 Å². The van der Waals surface area contributed by atoms with Gasteiger partial charge in [-0.2, -0.15) is 4.98 Å². The molecule has 1 fully saturated rings. The molecule has 0 amide bonds. The molecular formula is C21H22ClN5O. The van der Waals surface area contributed by atoms with Crippen LogP contribution in [0.1, 0.15) is 0 Å². The van der Waals surface area contributed by atoms with Gasteiger partial charge >= 0.3 is 0 Å². The first-order chi connectivity index (χ1) is 13.7. The van der Waals surface area contributed by atoms with Crippen molar-refractivity contribution in [2.75, 3.05) is 48.4 Å². The molecule has 6 nitrogen and oxygen atoms in total. The monoisotopic (exact) mass is 395 g/mol. The second-order valence-corrected chi connectivity index (χ2v) is 6.96. The number of piperazine rings is 1. The minimum absolute atomic E-state index is 0.562. The van der Waals surface area contributed by atoms with Gasteiger partial charge in [0.2, 0.25) is 5.95 Å². The molecule has 1 aliphatic rings. The highest BCUT2D eigenvalue weighted by Gasteiger charge is 2.20. The van der Waals surface area contributed by atoms with E-state index >= 15 is 0 Å². The van der Waals surface area contributed by atoms with Crippen LogP contribution in [0.5, 0.6) is 5.75 Å². The molecule has 0 aliphatic carbocycles. The first-order valence-corrected chi connectivity index (χ1v) is 9.59. The van der Waals surface area contributed by atoms with Crippen LogP contribution in [0.4, 0.5) is 23.1 Å². The zero-order valence-electron chi connectivity index (χ0n) is 15.7. The molecule has 144 valence electrons. The summed E-state index contributed by atoms with van der Waals surface area (Å²) in [7, 11) is 1.71. The van der Waals surface area contributed by atoms with Crippen LogP contribution >= 0.6 is 11.6 Å². The number of anilines is 4. The predicted octanol–water partition coefficient (Wildman–Crippen LogP) is 4.21. The van der Waals surface area contributed by atoms with Crippen molar-refractivity contribution in [1.82, 2.24) is 9.97 Å². The average Bonchev–Trinajstić information content (AvgIpc) is 2.74. The van der Waals surface area contributed by atoms with Gasteiger partial charge in [-0.05, 0) is 36.4 Å².